The molecule has 0 aromatic heterocycles. The van der Waals surface area contributed by atoms with Crippen molar-refractivity contribution in [1.82, 2.24) is 10.2 Å². The van der Waals surface area contributed by atoms with Gasteiger partial charge >= 0.3 is 12.0 Å². The van der Waals surface area contributed by atoms with E-state index in [1.54, 1.807) is 12.1 Å². The first-order valence-corrected chi connectivity index (χ1v) is 6.94. The van der Waals surface area contributed by atoms with Gasteiger partial charge < -0.3 is 20.3 Å². The van der Waals surface area contributed by atoms with Crippen LogP contribution in [0.3, 0.4) is 0 Å². The highest BCUT2D eigenvalue weighted by atomic mass is 16.5. The number of carbonyl (C=O) groups is 3. The van der Waals surface area contributed by atoms with E-state index in [1.165, 1.54) is 19.3 Å². The Bertz CT molecular complexity index is 753. The maximum atomic E-state index is 12.1. The predicted octanol–water partition coefficient (Wildman–Crippen LogP) is 1.11. The van der Waals surface area contributed by atoms with E-state index in [0.29, 0.717) is 22.4 Å². The number of carbonyl (C=O) groups excluding carboxylic acids is 2. The molecule has 1 aromatic rings. The number of phenolic OH excluding ortho intramolecular Hbond substituents is 1. The first kappa shape index (κ1) is 17.1. The van der Waals surface area contributed by atoms with Gasteiger partial charge in [0.05, 0.1) is 7.11 Å². The highest BCUT2D eigenvalue weighted by molar-refractivity contribution is 6.15. The number of carboxylic acids is 1. The lowest BCUT2D eigenvalue weighted by atomic mass is 10.0. The zero-order valence-corrected chi connectivity index (χ0v) is 12.9. The van der Waals surface area contributed by atoms with Crippen LogP contribution in [0.25, 0.3) is 6.08 Å². The molecule has 0 bridgehead atoms. The number of rotatable bonds is 6. The van der Waals surface area contributed by atoms with Crippen molar-refractivity contribution in [3.05, 3.63) is 41.6 Å². The van der Waals surface area contributed by atoms with Gasteiger partial charge in [0.2, 0.25) is 0 Å². The van der Waals surface area contributed by atoms with Gasteiger partial charge in [-0.1, -0.05) is 6.08 Å². The second-order valence-corrected chi connectivity index (χ2v) is 5.00. The summed E-state index contributed by atoms with van der Waals surface area (Å²) in [6.45, 7) is 2.88. The largest absolute Gasteiger partial charge is 0.504 e. The maximum Gasteiger partial charge on any atom is 0.329 e. The van der Waals surface area contributed by atoms with Crippen LogP contribution in [0.4, 0.5) is 4.79 Å². The number of methoxy groups -OCH3 is 1. The summed E-state index contributed by atoms with van der Waals surface area (Å²) in [7, 11) is 1.39. The fraction of sp³-hybridized carbons (Fsp3) is 0.188. The van der Waals surface area contributed by atoms with E-state index in [2.05, 4.69) is 11.9 Å². The molecule has 1 saturated heterocycles. The molecule has 24 heavy (non-hydrogen) atoms. The third-order valence-corrected chi connectivity index (χ3v) is 3.33. The van der Waals surface area contributed by atoms with Crippen molar-refractivity contribution in [2.75, 3.05) is 13.7 Å². The summed E-state index contributed by atoms with van der Waals surface area (Å²) in [6, 6.07) is 2.31. The number of benzene rings is 1. The Hall–Kier alpha value is -3.29. The molecular formula is C16H16N2O6. The minimum Gasteiger partial charge on any atom is -0.504 e. The lowest BCUT2D eigenvalue weighted by Crippen LogP contribution is -2.35. The van der Waals surface area contributed by atoms with E-state index in [0.717, 1.165) is 0 Å². The van der Waals surface area contributed by atoms with Crippen molar-refractivity contribution in [3.8, 4) is 11.5 Å². The highest BCUT2D eigenvalue weighted by Gasteiger charge is 2.34. The van der Waals surface area contributed by atoms with Crippen molar-refractivity contribution >= 4 is 24.0 Å². The summed E-state index contributed by atoms with van der Waals surface area (Å²) >= 11 is 0. The predicted molar refractivity (Wildman–Crippen MR) is 84.4 cm³/mol. The molecule has 1 aliphatic rings. The molecule has 1 fully saturated rings. The standard InChI is InChI=1S/C16H16N2O6/c1-3-4-10-5-9(7-12(24-2)14(10)21)6-11-15(22)18(8-13(19)20)16(23)17-11/h3,5-7,21H,1,4,8H2,2H3,(H,17,23)(H,19,20). The zero-order valence-electron chi connectivity index (χ0n) is 12.9. The van der Waals surface area contributed by atoms with Gasteiger partial charge in [-0.25, -0.2) is 9.69 Å². The van der Waals surface area contributed by atoms with Gasteiger partial charge in [0, 0.05) is 5.56 Å². The number of aromatic hydroxyl groups is 1. The Morgan fingerprint density at radius 2 is 2.12 bits per heavy atom. The Morgan fingerprint density at radius 1 is 1.42 bits per heavy atom. The van der Waals surface area contributed by atoms with Gasteiger partial charge in [-0.05, 0) is 30.2 Å². The third kappa shape index (κ3) is 3.37. The SMILES string of the molecule is C=CCc1cc(C=C2NC(=O)N(CC(=O)O)C2=O)cc(OC)c1O. The van der Waals surface area contributed by atoms with Crippen LogP contribution >= 0.6 is 0 Å². The van der Waals surface area contributed by atoms with Crippen LogP contribution in [-0.2, 0) is 16.0 Å². The van der Waals surface area contributed by atoms with Crippen LogP contribution in [0.2, 0.25) is 0 Å². The molecule has 0 unspecified atom stereocenters. The molecule has 0 aliphatic carbocycles. The quantitative estimate of drug-likeness (QED) is 0.408. The van der Waals surface area contributed by atoms with E-state index >= 15 is 0 Å². The minimum absolute atomic E-state index is 0.0335. The number of amides is 3. The molecule has 8 nitrogen and oxygen atoms in total. The molecule has 3 N–H and O–H groups in total. The Balaban J connectivity index is 2.39. The normalized spacial score (nSPS) is 15.5. The second kappa shape index (κ2) is 6.86. The lowest BCUT2D eigenvalue weighted by molar-refractivity contribution is -0.140. The summed E-state index contributed by atoms with van der Waals surface area (Å²) < 4.78 is 5.08. The van der Waals surface area contributed by atoms with Crippen LogP contribution in [-0.4, -0.2) is 46.7 Å². The van der Waals surface area contributed by atoms with Crippen LogP contribution < -0.4 is 10.1 Å². The molecular weight excluding hydrogens is 316 g/mol. The number of urea groups is 1. The number of hydrogen-bond acceptors (Lipinski definition) is 5. The van der Waals surface area contributed by atoms with E-state index in [1.807, 2.05) is 0 Å². The third-order valence-electron chi connectivity index (χ3n) is 3.33. The number of carboxylic acid groups (broad SMARTS) is 1. The molecule has 0 saturated carbocycles. The number of allylic oxidation sites excluding steroid dienone is 1. The Kier molecular flexibility index (Phi) is 4.88. The average Bonchev–Trinajstić information content (AvgIpc) is 2.77. The van der Waals surface area contributed by atoms with Crippen molar-refractivity contribution < 1.29 is 29.3 Å². The highest BCUT2D eigenvalue weighted by Crippen LogP contribution is 2.33. The monoisotopic (exact) mass is 332 g/mol. The van der Waals surface area contributed by atoms with Gasteiger partial charge in [-0.3, -0.25) is 9.59 Å². The van der Waals surface area contributed by atoms with Crippen LogP contribution in [0.5, 0.6) is 11.5 Å². The molecule has 8 heteroatoms. The van der Waals surface area contributed by atoms with Crippen molar-refractivity contribution in [2.24, 2.45) is 0 Å². The molecule has 0 atom stereocenters. The summed E-state index contributed by atoms with van der Waals surface area (Å²) in [5, 5.41) is 21.1. The molecule has 1 aromatic carbocycles. The van der Waals surface area contributed by atoms with E-state index < -0.39 is 24.5 Å². The smallest absolute Gasteiger partial charge is 0.329 e. The maximum absolute atomic E-state index is 12.1. The van der Waals surface area contributed by atoms with E-state index in [9.17, 15) is 19.5 Å². The summed E-state index contributed by atoms with van der Waals surface area (Å²) in [4.78, 5) is 35.1. The number of hydrogen-bond donors (Lipinski definition) is 3. The van der Waals surface area contributed by atoms with Gasteiger partial charge in [0.15, 0.2) is 11.5 Å². The van der Waals surface area contributed by atoms with Crippen LogP contribution in [0.15, 0.2) is 30.5 Å². The number of ether oxygens (including phenoxy) is 1. The molecule has 0 radical (unpaired) electrons. The molecule has 2 rings (SSSR count). The summed E-state index contributed by atoms with van der Waals surface area (Å²) in [5.74, 6) is -1.85. The summed E-state index contributed by atoms with van der Waals surface area (Å²) in [5.41, 5.74) is 0.983. The first-order chi connectivity index (χ1) is 11.4. The molecule has 126 valence electrons. The van der Waals surface area contributed by atoms with E-state index in [4.69, 9.17) is 9.84 Å². The fourth-order valence-electron chi connectivity index (χ4n) is 2.26. The van der Waals surface area contributed by atoms with Gasteiger partial charge in [0.1, 0.15) is 12.2 Å². The van der Waals surface area contributed by atoms with Gasteiger partial charge in [-0.2, -0.15) is 0 Å². The van der Waals surface area contributed by atoms with Crippen molar-refractivity contribution in [3.63, 3.8) is 0 Å². The number of imide groups is 1. The average molecular weight is 332 g/mol. The first-order valence-electron chi connectivity index (χ1n) is 6.94. The number of nitrogens with zero attached hydrogens (tertiary/aromatic N) is 1. The summed E-state index contributed by atoms with van der Waals surface area (Å²) in [6.07, 6.45) is 3.36. The fourth-order valence-corrected chi connectivity index (χ4v) is 2.26. The van der Waals surface area contributed by atoms with Crippen molar-refractivity contribution in [1.29, 1.82) is 0 Å². The van der Waals surface area contributed by atoms with E-state index in [-0.39, 0.29) is 17.2 Å². The molecule has 0 spiro atoms. The number of nitrogens with one attached hydrogen (secondary N) is 1. The number of aliphatic carboxylic acids is 1. The van der Waals surface area contributed by atoms with Gasteiger partial charge in [0.25, 0.3) is 5.91 Å². The minimum atomic E-state index is -1.29. The topological polar surface area (TPSA) is 116 Å². The Morgan fingerprint density at radius 3 is 2.71 bits per heavy atom. The van der Waals surface area contributed by atoms with Crippen LogP contribution in [0.1, 0.15) is 11.1 Å². The zero-order chi connectivity index (χ0) is 17.9. The Labute approximate surface area is 137 Å². The molecule has 3 amide bonds. The van der Waals surface area contributed by atoms with Crippen molar-refractivity contribution in [2.45, 2.75) is 6.42 Å². The lowest BCUT2D eigenvalue weighted by Gasteiger charge is -2.10. The van der Waals surface area contributed by atoms with Crippen LogP contribution in [0, 0.1) is 0 Å². The molecule has 1 aliphatic heterocycles. The second-order valence-electron chi connectivity index (χ2n) is 5.00. The number of phenols is 1. The molecule has 1 heterocycles. The van der Waals surface area contributed by atoms with Gasteiger partial charge in [-0.15, -0.1) is 6.58 Å².